The molecule has 0 radical (unpaired) electrons. The lowest BCUT2D eigenvalue weighted by atomic mass is 10.5. The molecule has 0 aliphatic heterocycles. The van der Waals surface area contributed by atoms with Crippen LogP contribution >= 0.6 is 35.3 Å². The minimum atomic E-state index is -4.38. The standard InChI is InChI=1S/C9H13F3N4S.HI/c1-13-8(16(2)3)14-4-7-15-6(5-17-7)9(10,11)12;/h5H,4H2,1-3H3,(H,13,14);1H. The second-order valence-corrected chi connectivity index (χ2v) is 4.36. The zero-order valence-corrected chi connectivity index (χ0v) is 13.2. The number of halogens is 4. The number of hydrogen-bond acceptors (Lipinski definition) is 3. The summed E-state index contributed by atoms with van der Waals surface area (Å²) in [6, 6.07) is 0. The van der Waals surface area contributed by atoms with Gasteiger partial charge in [0.15, 0.2) is 11.7 Å². The van der Waals surface area contributed by atoms with Crippen molar-refractivity contribution < 1.29 is 13.2 Å². The average Bonchev–Trinajstić information content (AvgIpc) is 2.66. The largest absolute Gasteiger partial charge is 0.434 e. The number of aliphatic imine (C=N–C) groups is 1. The van der Waals surface area contributed by atoms with Crippen molar-refractivity contribution >= 4 is 41.3 Å². The molecule has 0 spiro atoms. The normalized spacial score (nSPS) is 12.0. The number of alkyl halides is 3. The fourth-order valence-electron chi connectivity index (χ4n) is 1.11. The van der Waals surface area contributed by atoms with Gasteiger partial charge in [-0.25, -0.2) is 4.98 Å². The van der Waals surface area contributed by atoms with Crippen molar-refractivity contribution in [1.29, 1.82) is 0 Å². The quantitative estimate of drug-likeness (QED) is 0.476. The topological polar surface area (TPSA) is 40.5 Å². The van der Waals surface area contributed by atoms with Crippen LogP contribution in [-0.2, 0) is 12.7 Å². The predicted octanol–water partition coefficient (Wildman–Crippen LogP) is 2.42. The Morgan fingerprint density at radius 3 is 2.50 bits per heavy atom. The van der Waals surface area contributed by atoms with Crippen LogP contribution in [0.3, 0.4) is 0 Å². The Balaban J connectivity index is 0.00000289. The third kappa shape index (κ3) is 4.96. The minimum absolute atomic E-state index is 0. The first kappa shape index (κ1) is 17.4. The van der Waals surface area contributed by atoms with E-state index in [1.165, 1.54) is 0 Å². The Bertz CT molecular complexity index is 403. The van der Waals surface area contributed by atoms with E-state index in [1.54, 1.807) is 26.0 Å². The first-order chi connectivity index (χ1) is 7.84. The molecule has 1 aromatic heterocycles. The van der Waals surface area contributed by atoms with Crippen LogP contribution in [0.4, 0.5) is 13.2 Å². The molecule has 1 aromatic rings. The molecule has 0 saturated heterocycles. The number of thiazole rings is 1. The van der Waals surface area contributed by atoms with Crippen LogP contribution in [0.25, 0.3) is 0 Å². The monoisotopic (exact) mass is 394 g/mol. The van der Waals surface area contributed by atoms with Gasteiger partial charge in [0.1, 0.15) is 5.01 Å². The van der Waals surface area contributed by atoms with Crippen molar-refractivity contribution in [3.63, 3.8) is 0 Å². The van der Waals surface area contributed by atoms with Crippen molar-refractivity contribution in [3.05, 3.63) is 16.1 Å². The van der Waals surface area contributed by atoms with Gasteiger partial charge in [-0.05, 0) is 0 Å². The predicted molar refractivity (Wildman–Crippen MR) is 76.4 cm³/mol. The molecule has 104 valence electrons. The van der Waals surface area contributed by atoms with Crippen molar-refractivity contribution in [3.8, 4) is 0 Å². The zero-order valence-electron chi connectivity index (χ0n) is 10.1. The molecule has 0 saturated carbocycles. The summed E-state index contributed by atoms with van der Waals surface area (Å²) in [6.07, 6.45) is -4.38. The molecule has 1 heterocycles. The summed E-state index contributed by atoms with van der Waals surface area (Å²) in [4.78, 5) is 9.18. The van der Waals surface area contributed by atoms with Crippen LogP contribution in [0, 0.1) is 0 Å². The number of nitrogens with one attached hydrogen (secondary N) is 1. The number of rotatable bonds is 2. The van der Waals surface area contributed by atoms with Crippen molar-refractivity contribution in [2.45, 2.75) is 12.7 Å². The highest BCUT2D eigenvalue weighted by molar-refractivity contribution is 14.0. The van der Waals surface area contributed by atoms with Gasteiger partial charge in [-0.1, -0.05) is 0 Å². The summed E-state index contributed by atoms with van der Waals surface area (Å²) in [5.74, 6) is 0.591. The van der Waals surface area contributed by atoms with E-state index in [9.17, 15) is 13.2 Å². The first-order valence-electron chi connectivity index (χ1n) is 4.74. The molecule has 0 atom stereocenters. The van der Waals surface area contributed by atoms with Crippen molar-refractivity contribution in [1.82, 2.24) is 15.2 Å². The molecule has 0 unspecified atom stereocenters. The minimum Gasteiger partial charge on any atom is -0.350 e. The molecule has 0 aliphatic rings. The third-order valence-corrected chi connectivity index (χ3v) is 2.72. The summed E-state index contributed by atoms with van der Waals surface area (Å²) in [6.45, 7) is 0.228. The highest BCUT2D eigenvalue weighted by Gasteiger charge is 2.33. The molecule has 1 N–H and O–H groups in total. The molecule has 4 nitrogen and oxygen atoms in total. The van der Waals surface area contributed by atoms with E-state index in [1.807, 2.05) is 0 Å². The second-order valence-electron chi connectivity index (χ2n) is 3.42. The summed E-state index contributed by atoms with van der Waals surface area (Å²) in [5, 5.41) is 4.29. The number of guanidine groups is 1. The smallest absolute Gasteiger partial charge is 0.350 e. The van der Waals surface area contributed by atoms with E-state index in [0.717, 1.165) is 16.7 Å². The van der Waals surface area contributed by atoms with Gasteiger partial charge in [-0.2, -0.15) is 13.2 Å². The van der Waals surface area contributed by atoms with E-state index in [-0.39, 0.29) is 30.5 Å². The van der Waals surface area contributed by atoms with Gasteiger partial charge in [-0.15, -0.1) is 35.3 Å². The van der Waals surface area contributed by atoms with E-state index >= 15 is 0 Å². The highest BCUT2D eigenvalue weighted by Crippen LogP contribution is 2.29. The first-order valence-corrected chi connectivity index (χ1v) is 5.62. The van der Waals surface area contributed by atoms with Gasteiger partial charge in [-0.3, -0.25) is 4.99 Å². The fraction of sp³-hybridized carbons (Fsp3) is 0.556. The maximum absolute atomic E-state index is 12.3. The summed E-state index contributed by atoms with van der Waals surface area (Å²) in [5.41, 5.74) is -0.848. The molecular weight excluding hydrogens is 380 g/mol. The van der Waals surface area contributed by atoms with E-state index in [2.05, 4.69) is 15.3 Å². The van der Waals surface area contributed by atoms with Gasteiger partial charge in [0, 0.05) is 26.5 Å². The molecule has 0 aliphatic carbocycles. The second kappa shape index (κ2) is 7.12. The molecule has 9 heteroatoms. The summed E-state index contributed by atoms with van der Waals surface area (Å²) in [7, 11) is 5.18. The number of aromatic nitrogens is 1. The Labute approximate surface area is 124 Å². The molecule has 0 bridgehead atoms. The molecule has 0 amide bonds. The Hall–Kier alpha value is -0.580. The molecule has 18 heavy (non-hydrogen) atoms. The van der Waals surface area contributed by atoms with Crippen LogP contribution in [0.1, 0.15) is 10.7 Å². The SMILES string of the molecule is CN=C(NCc1nc(C(F)(F)F)cs1)N(C)C.I. The Kier molecular flexibility index (Phi) is 6.89. The van der Waals surface area contributed by atoms with Gasteiger partial charge >= 0.3 is 6.18 Å². The third-order valence-electron chi connectivity index (χ3n) is 1.88. The van der Waals surface area contributed by atoms with Crippen molar-refractivity contribution in [2.24, 2.45) is 4.99 Å². The maximum atomic E-state index is 12.3. The van der Waals surface area contributed by atoms with E-state index < -0.39 is 11.9 Å². The van der Waals surface area contributed by atoms with Gasteiger partial charge in [0.2, 0.25) is 0 Å². The van der Waals surface area contributed by atoms with Crippen LogP contribution in [0.5, 0.6) is 0 Å². The fourth-order valence-corrected chi connectivity index (χ4v) is 1.85. The average molecular weight is 394 g/mol. The van der Waals surface area contributed by atoms with Crippen molar-refractivity contribution in [2.75, 3.05) is 21.1 Å². The number of nitrogens with zero attached hydrogens (tertiary/aromatic N) is 3. The van der Waals surface area contributed by atoms with Gasteiger partial charge in [0.25, 0.3) is 0 Å². The molecule has 1 rings (SSSR count). The molecular formula is C9H14F3IN4S. The highest BCUT2D eigenvalue weighted by atomic mass is 127. The van der Waals surface area contributed by atoms with Crippen LogP contribution < -0.4 is 5.32 Å². The summed E-state index contributed by atoms with van der Waals surface area (Å²) < 4.78 is 36.9. The Morgan fingerprint density at radius 2 is 2.11 bits per heavy atom. The summed E-state index contributed by atoms with van der Waals surface area (Å²) >= 11 is 0.973. The lowest BCUT2D eigenvalue weighted by Crippen LogP contribution is -2.35. The molecule has 0 aromatic carbocycles. The lowest BCUT2D eigenvalue weighted by Gasteiger charge is -2.15. The van der Waals surface area contributed by atoms with E-state index in [4.69, 9.17) is 0 Å². The van der Waals surface area contributed by atoms with Crippen LogP contribution in [0.15, 0.2) is 10.4 Å². The Morgan fingerprint density at radius 1 is 1.50 bits per heavy atom. The van der Waals surface area contributed by atoms with Crippen LogP contribution in [-0.4, -0.2) is 37.0 Å². The molecule has 0 fully saturated rings. The van der Waals surface area contributed by atoms with Gasteiger partial charge in [0.05, 0.1) is 6.54 Å². The maximum Gasteiger partial charge on any atom is 0.434 e. The zero-order chi connectivity index (χ0) is 13.1. The van der Waals surface area contributed by atoms with Crippen LogP contribution in [0.2, 0.25) is 0 Å². The van der Waals surface area contributed by atoms with E-state index in [0.29, 0.717) is 11.0 Å². The van der Waals surface area contributed by atoms with Gasteiger partial charge < -0.3 is 10.2 Å². The lowest BCUT2D eigenvalue weighted by molar-refractivity contribution is -0.140. The number of hydrogen-bond donors (Lipinski definition) is 1.